The molecular weight excluding hydrogens is 666 g/mol. The van der Waals surface area contributed by atoms with Gasteiger partial charge in [0.2, 0.25) is 12.7 Å². The lowest BCUT2D eigenvalue weighted by Crippen LogP contribution is -2.58. The third-order valence-corrected chi connectivity index (χ3v) is 8.58. The van der Waals surface area contributed by atoms with Crippen LogP contribution in [0.5, 0.6) is 5.75 Å². The number of furan rings is 1. The van der Waals surface area contributed by atoms with Crippen molar-refractivity contribution in [2.24, 2.45) is 0 Å². The lowest BCUT2D eigenvalue weighted by atomic mass is 9.91. The molecule has 6 aromatic rings. The Hall–Kier alpha value is -6.56. The van der Waals surface area contributed by atoms with Crippen molar-refractivity contribution in [3.63, 3.8) is 0 Å². The number of para-hydroxylation sites is 2. The SMILES string of the molecule is COc1ccc(C(=O)OCOC(=O)n2cc(C[C@@](C)(NC(=O)OCc3cc4ccccc4o3)C(=O)N[C@@H](C)c3ccccc3)c3ccccc32)cc1. The van der Waals surface area contributed by atoms with Crippen LogP contribution < -0.4 is 15.4 Å². The summed E-state index contributed by atoms with van der Waals surface area (Å²) in [5, 5.41) is 7.29. The molecule has 266 valence electrons. The first-order valence-electron chi connectivity index (χ1n) is 16.5. The fourth-order valence-electron chi connectivity index (χ4n) is 5.80. The van der Waals surface area contributed by atoms with Gasteiger partial charge in [0.15, 0.2) is 6.61 Å². The zero-order chi connectivity index (χ0) is 36.7. The number of nitrogens with one attached hydrogen (secondary N) is 2. The maximum Gasteiger partial charge on any atom is 0.421 e. The van der Waals surface area contributed by atoms with Crippen molar-refractivity contribution < 1.29 is 42.5 Å². The highest BCUT2D eigenvalue weighted by molar-refractivity contribution is 5.95. The molecule has 4 aromatic carbocycles. The first-order chi connectivity index (χ1) is 25.1. The molecule has 2 atom stereocenters. The third kappa shape index (κ3) is 8.07. The molecule has 12 nitrogen and oxygen atoms in total. The van der Waals surface area contributed by atoms with Crippen LogP contribution in [-0.2, 0) is 32.0 Å². The molecule has 0 aliphatic heterocycles. The summed E-state index contributed by atoms with van der Waals surface area (Å²) in [5.41, 5.74) is 1.28. The summed E-state index contributed by atoms with van der Waals surface area (Å²) in [6, 6.07) is 31.6. The van der Waals surface area contributed by atoms with Crippen molar-refractivity contribution in [3.8, 4) is 5.75 Å². The summed E-state index contributed by atoms with van der Waals surface area (Å²) in [6.07, 6.45) is -0.154. The van der Waals surface area contributed by atoms with Crippen molar-refractivity contribution in [2.75, 3.05) is 13.9 Å². The number of methoxy groups -OCH3 is 1. The quantitative estimate of drug-likeness (QED) is 0.0990. The van der Waals surface area contributed by atoms with E-state index in [1.165, 1.54) is 30.0 Å². The van der Waals surface area contributed by atoms with E-state index < -0.39 is 42.4 Å². The number of esters is 1. The lowest BCUT2D eigenvalue weighted by molar-refractivity contribution is -0.127. The van der Waals surface area contributed by atoms with Gasteiger partial charge in [-0.25, -0.2) is 14.4 Å². The molecule has 0 spiro atoms. The van der Waals surface area contributed by atoms with Gasteiger partial charge in [0.25, 0.3) is 0 Å². The Morgan fingerprint density at radius 1 is 0.846 bits per heavy atom. The van der Waals surface area contributed by atoms with E-state index in [0.717, 1.165) is 10.9 Å². The van der Waals surface area contributed by atoms with Gasteiger partial charge in [-0.2, -0.15) is 0 Å². The number of nitrogens with zero attached hydrogens (tertiary/aromatic N) is 1. The van der Waals surface area contributed by atoms with Crippen LogP contribution in [0.25, 0.3) is 21.9 Å². The summed E-state index contributed by atoms with van der Waals surface area (Å²) >= 11 is 0. The monoisotopic (exact) mass is 703 g/mol. The molecule has 2 aromatic heterocycles. The van der Waals surface area contributed by atoms with Crippen LogP contribution in [0.4, 0.5) is 9.59 Å². The average Bonchev–Trinajstić information content (AvgIpc) is 3.75. The van der Waals surface area contributed by atoms with Gasteiger partial charge in [-0.15, -0.1) is 0 Å². The normalized spacial score (nSPS) is 12.8. The largest absolute Gasteiger partial charge is 0.497 e. The minimum Gasteiger partial charge on any atom is -0.497 e. The Kier molecular flexibility index (Phi) is 10.5. The fraction of sp³-hybridized carbons (Fsp3) is 0.200. The number of ether oxygens (including phenoxy) is 4. The van der Waals surface area contributed by atoms with Crippen LogP contribution >= 0.6 is 0 Å². The third-order valence-electron chi connectivity index (χ3n) is 8.58. The fourth-order valence-corrected chi connectivity index (χ4v) is 5.80. The standard InChI is InChI=1S/C40H37N3O9/c1-26(27-11-5-4-6-12-27)41-37(45)40(2,42-38(46)49-24-32-21-29-13-7-10-16-35(29)52-32)22-30-23-43(34-15-9-8-14-33(30)34)39(47)51-25-50-36(44)28-17-19-31(48-3)20-18-28/h4-21,23,26H,22,24-25H2,1-3H3,(H,41,45)(H,42,46)/t26-,40+/m0/s1. The van der Waals surface area contributed by atoms with Gasteiger partial charge in [0, 0.05) is 23.4 Å². The first-order valence-corrected chi connectivity index (χ1v) is 16.5. The van der Waals surface area contributed by atoms with E-state index in [0.29, 0.717) is 33.6 Å². The van der Waals surface area contributed by atoms with Crippen molar-refractivity contribution >= 4 is 45.9 Å². The molecule has 0 fully saturated rings. The van der Waals surface area contributed by atoms with Crippen LogP contribution in [0.2, 0.25) is 0 Å². The molecule has 0 aliphatic rings. The van der Waals surface area contributed by atoms with E-state index in [1.54, 1.807) is 49.4 Å². The number of amides is 2. The number of hydrogen-bond donors (Lipinski definition) is 2. The molecule has 0 saturated carbocycles. The van der Waals surface area contributed by atoms with E-state index >= 15 is 0 Å². The van der Waals surface area contributed by atoms with Crippen molar-refractivity contribution in [2.45, 2.75) is 38.5 Å². The summed E-state index contributed by atoms with van der Waals surface area (Å²) in [6.45, 7) is 2.64. The highest BCUT2D eigenvalue weighted by Crippen LogP contribution is 2.27. The Balaban J connectivity index is 1.20. The van der Waals surface area contributed by atoms with E-state index in [2.05, 4.69) is 10.6 Å². The second-order valence-corrected chi connectivity index (χ2v) is 12.3. The van der Waals surface area contributed by atoms with E-state index in [9.17, 15) is 19.2 Å². The predicted molar refractivity (Wildman–Crippen MR) is 192 cm³/mol. The van der Waals surface area contributed by atoms with Crippen molar-refractivity contribution in [1.82, 2.24) is 15.2 Å². The molecular formula is C40H37N3O9. The van der Waals surface area contributed by atoms with Gasteiger partial charge in [0.1, 0.15) is 22.6 Å². The van der Waals surface area contributed by atoms with E-state index in [4.69, 9.17) is 23.4 Å². The van der Waals surface area contributed by atoms with Crippen molar-refractivity contribution in [3.05, 3.63) is 138 Å². The Morgan fingerprint density at radius 2 is 1.56 bits per heavy atom. The van der Waals surface area contributed by atoms with Gasteiger partial charge < -0.3 is 34.0 Å². The highest BCUT2D eigenvalue weighted by Gasteiger charge is 2.38. The Labute approximate surface area is 299 Å². The first kappa shape index (κ1) is 35.3. The minimum absolute atomic E-state index is 0.0344. The Bertz CT molecular complexity index is 2180. The predicted octanol–water partition coefficient (Wildman–Crippen LogP) is 7.30. The van der Waals surface area contributed by atoms with Crippen molar-refractivity contribution in [1.29, 1.82) is 0 Å². The maximum atomic E-state index is 14.1. The highest BCUT2D eigenvalue weighted by atomic mass is 16.7. The zero-order valence-corrected chi connectivity index (χ0v) is 28.8. The number of fused-ring (bicyclic) bond motifs is 2. The molecule has 0 bridgehead atoms. The molecule has 0 saturated heterocycles. The summed E-state index contributed by atoms with van der Waals surface area (Å²) < 4.78 is 28.1. The van der Waals surface area contributed by atoms with Crippen LogP contribution in [0.3, 0.4) is 0 Å². The average molecular weight is 704 g/mol. The smallest absolute Gasteiger partial charge is 0.421 e. The van der Waals surface area contributed by atoms with Gasteiger partial charge in [-0.3, -0.25) is 9.36 Å². The lowest BCUT2D eigenvalue weighted by Gasteiger charge is -2.30. The number of rotatable bonds is 12. The molecule has 52 heavy (non-hydrogen) atoms. The maximum absolute atomic E-state index is 14.1. The summed E-state index contributed by atoms with van der Waals surface area (Å²) in [5.74, 6) is -0.142. The van der Waals surface area contributed by atoms with Crippen LogP contribution in [0.1, 0.15) is 47.1 Å². The molecule has 2 heterocycles. The molecule has 0 unspecified atom stereocenters. The number of carbonyl (C=O) groups is 4. The van der Waals surface area contributed by atoms with Gasteiger partial charge >= 0.3 is 18.2 Å². The Morgan fingerprint density at radius 3 is 2.31 bits per heavy atom. The van der Waals surface area contributed by atoms with Crippen LogP contribution in [-0.4, -0.2) is 48.1 Å². The second-order valence-electron chi connectivity index (χ2n) is 12.3. The topological polar surface area (TPSA) is 147 Å². The molecule has 2 amide bonds. The number of aromatic nitrogens is 1. The number of alkyl carbamates (subject to hydrolysis) is 1. The summed E-state index contributed by atoms with van der Waals surface area (Å²) in [7, 11) is 1.51. The second kappa shape index (κ2) is 15.5. The van der Waals surface area contributed by atoms with E-state index in [1.807, 2.05) is 61.5 Å². The zero-order valence-electron chi connectivity index (χ0n) is 28.8. The molecule has 0 radical (unpaired) electrons. The number of hydrogen-bond acceptors (Lipinski definition) is 9. The number of benzene rings is 4. The van der Waals surface area contributed by atoms with Gasteiger partial charge in [-0.05, 0) is 67.4 Å². The van der Waals surface area contributed by atoms with Gasteiger partial charge in [-0.1, -0.05) is 66.7 Å². The molecule has 6 rings (SSSR count). The van der Waals surface area contributed by atoms with Gasteiger partial charge in [0.05, 0.1) is 24.2 Å². The molecule has 0 aliphatic carbocycles. The minimum atomic E-state index is -1.55. The summed E-state index contributed by atoms with van der Waals surface area (Å²) in [4.78, 5) is 53.1. The van der Waals surface area contributed by atoms with Crippen LogP contribution in [0.15, 0.2) is 120 Å². The molecule has 12 heteroatoms. The van der Waals surface area contributed by atoms with E-state index in [-0.39, 0.29) is 18.6 Å². The van der Waals surface area contributed by atoms with Crippen LogP contribution in [0, 0.1) is 0 Å². The molecule has 2 N–H and O–H groups in total. The number of carbonyl (C=O) groups excluding carboxylic acids is 4.